The molecule has 0 spiro atoms. The average Bonchev–Trinajstić information content (AvgIpc) is 2.67. The van der Waals surface area contributed by atoms with Crippen LogP contribution in [0.25, 0.3) is 10.9 Å². The second-order valence-corrected chi connectivity index (χ2v) is 5.47. The molecule has 2 aromatic carbocycles. The summed E-state index contributed by atoms with van der Waals surface area (Å²) in [6.45, 7) is 1.71. The van der Waals surface area contributed by atoms with Crippen LogP contribution in [0.4, 0.5) is 0 Å². The zero-order valence-corrected chi connectivity index (χ0v) is 14.5. The number of ether oxygens (including phenoxy) is 2. The molecule has 138 valence electrons. The number of para-hydroxylation sites is 2. The fourth-order valence-corrected chi connectivity index (χ4v) is 2.44. The molecule has 1 aromatic heterocycles. The van der Waals surface area contributed by atoms with Crippen molar-refractivity contribution >= 4 is 23.1 Å². The molecule has 0 aliphatic heterocycles. The number of fused-ring (bicyclic) bond motifs is 1. The summed E-state index contributed by atoms with van der Waals surface area (Å²) in [5.41, 5.74) is -0.242. The summed E-state index contributed by atoms with van der Waals surface area (Å²) < 4.78 is 11.0. The van der Waals surface area contributed by atoms with Gasteiger partial charge in [0.1, 0.15) is 5.75 Å². The highest BCUT2D eigenvalue weighted by atomic mass is 16.6. The Labute approximate surface area is 153 Å². The molecule has 3 aromatic rings. The van der Waals surface area contributed by atoms with E-state index in [4.69, 9.17) is 9.47 Å². The maximum absolute atomic E-state index is 12.5. The summed E-state index contributed by atoms with van der Waals surface area (Å²) in [5, 5.41) is 4.34. The van der Waals surface area contributed by atoms with Gasteiger partial charge in [0, 0.05) is 5.56 Å². The molecule has 0 saturated heterocycles. The van der Waals surface area contributed by atoms with E-state index in [1.165, 1.54) is 6.21 Å². The first-order valence-electron chi connectivity index (χ1n) is 8.26. The molecule has 1 N–H and O–H groups in total. The Morgan fingerprint density at radius 2 is 1.89 bits per heavy atom. The van der Waals surface area contributed by atoms with Crippen molar-refractivity contribution in [3.8, 4) is 5.75 Å². The van der Waals surface area contributed by atoms with Crippen LogP contribution in [0.3, 0.4) is 0 Å². The number of aromatic amines is 1. The van der Waals surface area contributed by atoms with Crippen molar-refractivity contribution < 1.29 is 14.3 Å². The minimum absolute atomic E-state index is 0.255. The largest absolute Gasteiger partial charge is 0.481 e. The minimum Gasteiger partial charge on any atom is -0.481 e. The van der Waals surface area contributed by atoms with Gasteiger partial charge in [-0.05, 0) is 31.2 Å². The lowest BCUT2D eigenvalue weighted by molar-refractivity contribution is -0.145. The number of esters is 1. The fraction of sp³-hybridized carbons (Fsp3) is 0.158. The quantitative estimate of drug-likeness (QED) is 0.525. The van der Waals surface area contributed by atoms with Crippen molar-refractivity contribution in [3.05, 3.63) is 74.9 Å². The van der Waals surface area contributed by atoms with Crippen LogP contribution in [0.15, 0.2) is 63.2 Å². The van der Waals surface area contributed by atoms with Gasteiger partial charge in [0.05, 0.1) is 23.7 Å². The fourth-order valence-electron chi connectivity index (χ4n) is 2.44. The molecule has 0 aliphatic rings. The molecule has 1 heterocycles. The third kappa shape index (κ3) is 4.12. The zero-order chi connectivity index (χ0) is 19.2. The van der Waals surface area contributed by atoms with Crippen LogP contribution >= 0.6 is 0 Å². The van der Waals surface area contributed by atoms with Gasteiger partial charge in [-0.15, -0.1) is 4.68 Å². The van der Waals surface area contributed by atoms with Crippen LogP contribution in [0.1, 0.15) is 12.5 Å². The van der Waals surface area contributed by atoms with Gasteiger partial charge >= 0.3 is 11.7 Å². The maximum atomic E-state index is 12.5. The SMILES string of the molecule is CCOC(=O)COc1ccccc1C=Nn1c(=O)[nH]c2ccccc2c1=O. The van der Waals surface area contributed by atoms with Crippen molar-refractivity contribution in [2.24, 2.45) is 5.10 Å². The van der Waals surface area contributed by atoms with Crippen LogP contribution in [0.2, 0.25) is 0 Å². The van der Waals surface area contributed by atoms with E-state index >= 15 is 0 Å². The Bertz CT molecular complexity index is 1110. The highest BCUT2D eigenvalue weighted by molar-refractivity contribution is 5.84. The topological polar surface area (TPSA) is 103 Å². The molecule has 8 heteroatoms. The van der Waals surface area contributed by atoms with Crippen molar-refractivity contribution in [1.82, 2.24) is 9.66 Å². The lowest BCUT2D eigenvalue weighted by atomic mass is 10.2. The standard InChI is InChI=1S/C19H17N3O5/c1-2-26-17(23)12-27-16-10-6-3-7-13(16)11-20-22-18(24)14-8-4-5-9-15(14)21-19(22)25/h3-11H,2,12H2,1H3,(H,21,25). The van der Waals surface area contributed by atoms with E-state index in [1.54, 1.807) is 55.5 Å². The van der Waals surface area contributed by atoms with Crippen molar-refractivity contribution in [2.75, 3.05) is 13.2 Å². The third-order valence-electron chi connectivity index (χ3n) is 3.67. The molecule has 27 heavy (non-hydrogen) atoms. The second-order valence-electron chi connectivity index (χ2n) is 5.47. The van der Waals surface area contributed by atoms with Gasteiger partial charge in [-0.1, -0.05) is 24.3 Å². The predicted molar refractivity (Wildman–Crippen MR) is 100 cm³/mol. The Morgan fingerprint density at radius 1 is 1.15 bits per heavy atom. The first kappa shape index (κ1) is 18.1. The van der Waals surface area contributed by atoms with Crippen molar-refractivity contribution in [2.45, 2.75) is 6.92 Å². The van der Waals surface area contributed by atoms with Crippen molar-refractivity contribution in [3.63, 3.8) is 0 Å². The van der Waals surface area contributed by atoms with E-state index in [2.05, 4.69) is 10.1 Å². The predicted octanol–water partition coefficient (Wildman–Crippen LogP) is 1.51. The number of hydrogen-bond acceptors (Lipinski definition) is 6. The molecule has 0 bridgehead atoms. The summed E-state index contributed by atoms with van der Waals surface area (Å²) in [4.78, 5) is 38.7. The summed E-state index contributed by atoms with van der Waals surface area (Å²) in [6.07, 6.45) is 1.33. The Morgan fingerprint density at radius 3 is 2.70 bits per heavy atom. The molecular formula is C19H17N3O5. The number of hydrogen-bond donors (Lipinski definition) is 1. The normalized spacial score (nSPS) is 11.0. The van der Waals surface area contributed by atoms with Crippen LogP contribution < -0.4 is 16.0 Å². The van der Waals surface area contributed by atoms with Gasteiger partial charge in [0.25, 0.3) is 5.56 Å². The molecule has 8 nitrogen and oxygen atoms in total. The smallest absolute Gasteiger partial charge is 0.349 e. The second kappa shape index (κ2) is 8.13. The van der Waals surface area contributed by atoms with E-state index in [9.17, 15) is 14.4 Å². The van der Waals surface area contributed by atoms with Gasteiger partial charge < -0.3 is 14.5 Å². The molecular weight excluding hydrogens is 350 g/mol. The van der Waals surface area contributed by atoms with E-state index in [-0.39, 0.29) is 13.2 Å². The van der Waals surface area contributed by atoms with E-state index in [1.807, 2.05) is 0 Å². The summed E-state index contributed by atoms with van der Waals surface area (Å²) >= 11 is 0. The number of rotatable bonds is 6. The molecule has 0 saturated carbocycles. The number of carbonyl (C=O) groups is 1. The maximum Gasteiger partial charge on any atom is 0.349 e. The van der Waals surface area contributed by atoms with E-state index < -0.39 is 17.2 Å². The molecule has 0 atom stereocenters. The Balaban J connectivity index is 1.91. The first-order valence-corrected chi connectivity index (χ1v) is 8.26. The van der Waals surface area contributed by atoms with E-state index in [0.717, 1.165) is 4.68 Å². The number of H-pyrrole nitrogens is 1. The highest BCUT2D eigenvalue weighted by Gasteiger charge is 2.08. The lowest BCUT2D eigenvalue weighted by Crippen LogP contribution is -2.32. The molecule has 3 rings (SSSR count). The van der Waals surface area contributed by atoms with E-state index in [0.29, 0.717) is 22.2 Å². The number of aromatic nitrogens is 2. The molecule has 0 aliphatic carbocycles. The van der Waals surface area contributed by atoms with Crippen LogP contribution in [-0.4, -0.2) is 35.1 Å². The molecule has 0 amide bonds. The highest BCUT2D eigenvalue weighted by Crippen LogP contribution is 2.15. The van der Waals surface area contributed by atoms with Gasteiger partial charge in [-0.3, -0.25) is 4.79 Å². The Hall–Kier alpha value is -3.68. The number of nitrogens with one attached hydrogen (secondary N) is 1. The monoisotopic (exact) mass is 367 g/mol. The number of benzene rings is 2. The lowest BCUT2D eigenvalue weighted by Gasteiger charge is -2.08. The molecule has 0 radical (unpaired) electrons. The van der Waals surface area contributed by atoms with Crippen molar-refractivity contribution in [1.29, 1.82) is 0 Å². The van der Waals surface area contributed by atoms with Crippen LogP contribution in [0, 0.1) is 0 Å². The van der Waals surface area contributed by atoms with Gasteiger partial charge in [0.15, 0.2) is 6.61 Å². The van der Waals surface area contributed by atoms with Gasteiger partial charge in [0.2, 0.25) is 0 Å². The summed E-state index contributed by atoms with van der Waals surface area (Å²) in [7, 11) is 0. The number of carbonyl (C=O) groups excluding carboxylic acids is 1. The van der Waals surface area contributed by atoms with Crippen LogP contribution in [-0.2, 0) is 9.53 Å². The zero-order valence-electron chi connectivity index (χ0n) is 14.5. The van der Waals surface area contributed by atoms with Gasteiger partial charge in [-0.2, -0.15) is 5.10 Å². The Kier molecular flexibility index (Phi) is 5.46. The minimum atomic E-state index is -0.653. The molecule has 0 fully saturated rings. The number of nitrogens with zero attached hydrogens (tertiary/aromatic N) is 2. The first-order chi connectivity index (χ1) is 13.1. The average molecular weight is 367 g/mol. The van der Waals surface area contributed by atoms with Crippen LogP contribution in [0.5, 0.6) is 5.75 Å². The summed E-state index contributed by atoms with van der Waals surface area (Å²) in [6, 6.07) is 13.5. The third-order valence-corrected chi connectivity index (χ3v) is 3.67. The van der Waals surface area contributed by atoms with Gasteiger partial charge in [-0.25, -0.2) is 9.59 Å². The summed E-state index contributed by atoms with van der Waals surface area (Å²) in [5.74, 6) is -0.119. The molecule has 0 unspecified atom stereocenters.